The maximum absolute atomic E-state index is 14.8. The van der Waals surface area contributed by atoms with Gasteiger partial charge in [0.1, 0.15) is 17.4 Å². The molecule has 0 bridgehead atoms. The Kier molecular flexibility index (Phi) is 6.83. The molecule has 2 aromatic rings. The summed E-state index contributed by atoms with van der Waals surface area (Å²) in [7, 11) is 0. The van der Waals surface area contributed by atoms with Gasteiger partial charge in [0.15, 0.2) is 0 Å². The van der Waals surface area contributed by atoms with Gasteiger partial charge in [-0.25, -0.2) is 8.78 Å². The van der Waals surface area contributed by atoms with E-state index in [2.05, 4.69) is 13.8 Å². The molecule has 0 amide bonds. The lowest BCUT2D eigenvalue weighted by Crippen LogP contribution is -2.22. The minimum atomic E-state index is -3.68. The van der Waals surface area contributed by atoms with Crippen molar-refractivity contribution in [1.29, 1.82) is 0 Å². The molecule has 2 saturated carbocycles. The van der Waals surface area contributed by atoms with E-state index in [-0.39, 0.29) is 17.0 Å². The average molecular weight is 449 g/mol. The summed E-state index contributed by atoms with van der Waals surface area (Å²) < 4.78 is 63.7. The predicted octanol–water partition coefficient (Wildman–Crippen LogP) is 8.68. The Morgan fingerprint density at radius 1 is 0.719 bits per heavy atom. The monoisotopic (exact) mass is 448 g/mol. The van der Waals surface area contributed by atoms with E-state index in [0.717, 1.165) is 62.1 Å². The summed E-state index contributed by atoms with van der Waals surface area (Å²) in [6.45, 7) is 4.37. The number of hydrogen-bond donors (Lipinski definition) is 0. The normalized spacial score (nSPS) is 26.7. The lowest BCUT2D eigenvalue weighted by Gasteiger charge is -2.27. The van der Waals surface area contributed by atoms with Gasteiger partial charge in [-0.15, -0.1) is 0 Å². The van der Waals surface area contributed by atoms with Gasteiger partial charge in [0.25, 0.3) is 0 Å². The summed E-state index contributed by atoms with van der Waals surface area (Å²) in [5, 5.41) is 0. The third-order valence-corrected chi connectivity index (χ3v) is 7.46. The molecule has 2 fully saturated rings. The van der Waals surface area contributed by atoms with Gasteiger partial charge in [-0.2, -0.15) is 8.78 Å². The van der Waals surface area contributed by atoms with Crippen molar-refractivity contribution in [2.24, 2.45) is 11.8 Å². The lowest BCUT2D eigenvalue weighted by molar-refractivity contribution is -0.185. The minimum Gasteiger partial charge on any atom is -0.429 e. The summed E-state index contributed by atoms with van der Waals surface area (Å²) in [6, 6.07) is 7.95. The van der Waals surface area contributed by atoms with Crippen LogP contribution in [0.4, 0.5) is 17.6 Å². The molecular weight excluding hydrogens is 416 g/mol. The minimum absolute atomic E-state index is 0.00119. The zero-order valence-corrected chi connectivity index (χ0v) is 18.9. The zero-order valence-electron chi connectivity index (χ0n) is 18.9. The molecule has 2 aliphatic carbocycles. The van der Waals surface area contributed by atoms with Crippen LogP contribution in [-0.4, -0.2) is 0 Å². The molecule has 0 aliphatic heterocycles. The van der Waals surface area contributed by atoms with Gasteiger partial charge in [0, 0.05) is 17.7 Å². The second-order valence-corrected chi connectivity index (χ2v) is 9.96. The first-order valence-electron chi connectivity index (χ1n) is 11.9. The quantitative estimate of drug-likeness (QED) is 0.416. The van der Waals surface area contributed by atoms with Crippen LogP contribution in [0.1, 0.15) is 93.7 Å². The first-order valence-corrected chi connectivity index (χ1v) is 11.9. The van der Waals surface area contributed by atoms with Crippen LogP contribution in [0.15, 0.2) is 36.4 Å². The van der Waals surface area contributed by atoms with Gasteiger partial charge in [0.2, 0.25) is 0 Å². The molecule has 0 atom stereocenters. The van der Waals surface area contributed by atoms with Crippen molar-refractivity contribution in [3.63, 3.8) is 0 Å². The highest BCUT2D eigenvalue weighted by atomic mass is 19.3. The molecule has 2 aromatic carbocycles. The van der Waals surface area contributed by atoms with Crippen LogP contribution in [0, 0.1) is 23.5 Å². The SMILES string of the molecule is CC1CCC(c2ccc(C(F)(F)Oc3cc(F)c(C4CCC(C)CC4)c(F)c3)cc2)CC1. The van der Waals surface area contributed by atoms with E-state index in [1.165, 1.54) is 12.1 Å². The van der Waals surface area contributed by atoms with E-state index in [1.54, 1.807) is 12.1 Å². The van der Waals surface area contributed by atoms with Crippen LogP contribution >= 0.6 is 0 Å². The van der Waals surface area contributed by atoms with Crippen molar-refractivity contribution in [2.75, 3.05) is 0 Å². The van der Waals surface area contributed by atoms with Gasteiger partial charge >= 0.3 is 6.11 Å². The van der Waals surface area contributed by atoms with Gasteiger partial charge in [-0.3, -0.25) is 0 Å². The van der Waals surface area contributed by atoms with E-state index in [0.29, 0.717) is 24.7 Å². The molecule has 4 rings (SSSR count). The van der Waals surface area contributed by atoms with Crippen molar-refractivity contribution in [2.45, 2.75) is 83.2 Å². The first-order chi connectivity index (χ1) is 15.2. The summed E-state index contributed by atoms with van der Waals surface area (Å²) >= 11 is 0. The molecule has 0 saturated heterocycles. The fourth-order valence-corrected chi connectivity index (χ4v) is 5.31. The molecule has 32 heavy (non-hydrogen) atoms. The van der Waals surface area contributed by atoms with Gasteiger partial charge in [0.05, 0.1) is 5.56 Å². The van der Waals surface area contributed by atoms with Crippen LogP contribution in [0.5, 0.6) is 5.75 Å². The molecule has 174 valence electrons. The number of benzene rings is 2. The molecule has 1 nitrogen and oxygen atoms in total. The second kappa shape index (κ2) is 9.44. The van der Waals surface area contributed by atoms with Crippen molar-refractivity contribution in [1.82, 2.24) is 0 Å². The maximum atomic E-state index is 14.8. The number of hydrogen-bond acceptors (Lipinski definition) is 1. The summed E-state index contributed by atoms with van der Waals surface area (Å²) in [5.74, 6) is -0.661. The van der Waals surface area contributed by atoms with Crippen LogP contribution in [0.3, 0.4) is 0 Å². The predicted molar refractivity (Wildman–Crippen MR) is 118 cm³/mol. The Hall–Kier alpha value is -2.04. The Bertz CT molecular complexity index is 885. The van der Waals surface area contributed by atoms with Crippen LogP contribution in [-0.2, 0) is 6.11 Å². The Balaban J connectivity index is 1.47. The number of alkyl halides is 2. The van der Waals surface area contributed by atoms with Crippen molar-refractivity contribution in [3.8, 4) is 5.75 Å². The highest BCUT2D eigenvalue weighted by Crippen LogP contribution is 2.41. The van der Waals surface area contributed by atoms with E-state index < -0.39 is 23.5 Å². The fourth-order valence-electron chi connectivity index (χ4n) is 5.31. The number of halogens is 4. The summed E-state index contributed by atoms with van der Waals surface area (Å²) in [6.07, 6.45) is 3.99. The summed E-state index contributed by atoms with van der Waals surface area (Å²) in [4.78, 5) is 0. The fraction of sp³-hybridized carbons (Fsp3) is 0.556. The topological polar surface area (TPSA) is 9.23 Å². The van der Waals surface area contributed by atoms with Crippen molar-refractivity contribution >= 4 is 0 Å². The van der Waals surface area contributed by atoms with E-state index >= 15 is 0 Å². The largest absolute Gasteiger partial charge is 0.429 e. The molecule has 2 aliphatic rings. The maximum Gasteiger partial charge on any atom is 0.426 e. The molecule has 0 unspecified atom stereocenters. The van der Waals surface area contributed by atoms with Crippen LogP contribution in [0.2, 0.25) is 0 Å². The van der Waals surface area contributed by atoms with E-state index in [1.807, 2.05) is 0 Å². The molecule has 0 heterocycles. The third-order valence-electron chi connectivity index (χ3n) is 7.46. The first kappa shape index (κ1) is 23.1. The smallest absolute Gasteiger partial charge is 0.426 e. The van der Waals surface area contributed by atoms with Crippen molar-refractivity contribution < 1.29 is 22.3 Å². The molecule has 0 spiro atoms. The standard InChI is InChI=1S/C27H32F4O/c1-17-3-7-19(8-4-17)20-11-13-22(14-12-20)27(30,31)32-23-15-24(28)26(25(29)16-23)21-9-5-18(2)6-10-21/h11-19,21H,3-10H2,1-2H3. The average Bonchev–Trinajstić information content (AvgIpc) is 2.75. The van der Waals surface area contributed by atoms with E-state index in [4.69, 9.17) is 4.74 Å². The molecule has 0 N–H and O–H groups in total. The second-order valence-electron chi connectivity index (χ2n) is 9.96. The zero-order chi connectivity index (χ0) is 22.9. The van der Waals surface area contributed by atoms with Crippen molar-refractivity contribution in [3.05, 3.63) is 64.7 Å². The van der Waals surface area contributed by atoms with Crippen LogP contribution in [0.25, 0.3) is 0 Å². The lowest BCUT2D eigenvalue weighted by atomic mass is 9.79. The highest BCUT2D eigenvalue weighted by molar-refractivity contribution is 5.34. The Morgan fingerprint density at radius 2 is 1.19 bits per heavy atom. The third kappa shape index (κ3) is 5.13. The summed E-state index contributed by atoms with van der Waals surface area (Å²) in [5.41, 5.74) is 0.731. The molecule has 0 aromatic heterocycles. The Morgan fingerprint density at radius 3 is 1.69 bits per heavy atom. The van der Waals surface area contributed by atoms with E-state index in [9.17, 15) is 17.6 Å². The van der Waals surface area contributed by atoms with Gasteiger partial charge < -0.3 is 4.74 Å². The molecule has 5 heteroatoms. The van der Waals surface area contributed by atoms with Gasteiger partial charge in [-0.1, -0.05) is 51.7 Å². The number of ether oxygens (including phenoxy) is 1. The Labute approximate surface area is 188 Å². The highest BCUT2D eigenvalue weighted by Gasteiger charge is 2.36. The number of rotatable bonds is 5. The van der Waals surface area contributed by atoms with Gasteiger partial charge in [-0.05, 0) is 67.1 Å². The van der Waals surface area contributed by atoms with Crippen LogP contribution < -0.4 is 4.74 Å². The molecule has 0 radical (unpaired) electrons. The molecular formula is C27H32F4O.